The SMILES string of the molecule is CCCC(C)(C)NCc1csc(C(C)C)n1. The Morgan fingerprint density at radius 2 is 2.12 bits per heavy atom. The molecule has 0 aliphatic rings. The molecule has 3 heteroatoms. The molecular formula is C13H24N2S. The number of rotatable bonds is 6. The first kappa shape index (κ1) is 13.7. The van der Waals surface area contributed by atoms with Crippen molar-refractivity contribution in [2.75, 3.05) is 0 Å². The lowest BCUT2D eigenvalue weighted by atomic mass is 9.99. The van der Waals surface area contributed by atoms with Crippen LogP contribution < -0.4 is 5.32 Å². The first-order chi connectivity index (χ1) is 7.44. The summed E-state index contributed by atoms with van der Waals surface area (Å²) in [6.07, 6.45) is 2.42. The summed E-state index contributed by atoms with van der Waals surface area (Å²) in [6.45, 7) is 12.0. The molecule has 1 aromatic heterocycles. The largest absolute Gasteiger partial charge is 0.306 e. The van der Waals surface area contributed by atoms with Gasteiger partial charge in [0.15, 0.2) is 0 Å². The third kappa shape index (κ3) is 4.22. The average Bonchev–Trinajstić information content (AvgIpc) is 2.63. The van der Waals surface area contributed by atoms with Crippen LogP contribution in [0.3, 0.4) is 0 Å². The van der Waals surface area contributed by atoms with Crippen LogP contribution in [0.1, 0.15) is 64.1 Å². The number of nitrogens with one attached hydrogen (secondary N) is 1. The molecule has 1 rings (SSSR count). The standard InChI is InChI=1S/C13H24N2S/c1-6-7-13(4,5)14-8-11-9-16-12(15-11)10(2)3/h9-10,14H,6-8H2,1-5H3. The van der Waals surface area contributed by atoms with Gasteiger partial charge in [0.25, 0.3) is 0 Å². The van der Waals surface area contributed by atoms with Gasteiger partial charge < -0.3 is 5.32 Å². The molecule has 0 amide bonds. The number of aromatic nitrogens is 1. The van der Waals surface area contributed by atoms with E-state index in [1.807, 2.05) is 0 Å². The minimum atomic E-state index is 0.219. The molecule has 0 atom stereocenters. The van der Waals surface area contributed by atoms with Crippen molar-refractivity contribution in [2.24, 2.45) is 0 Å². The van der Waals surface area contributed by atoms with E-state index in [1.165, 1.54) is 23.5 Å². The number of nitrogens with zero attached hydrogens (tertiary/aromatic N) is 1. The molecule has 0 aliphatic heterocycles. The highest BCUT2D eigenvalue weighted by atomic mass is 32.1. The maximum atomic E-state index is 4.63. The summed E-state index contributed by atoms with van der Waals surface area (Å²) in [4.78, 5) is 4.63. The number of hydrogen-bond acceptors (Lipinski definition) is 3. The highest BCUT2D eigenvalue weighted by Gasteiger charge is 2.16. The van der Waals surface area contributed by atoms with Gasteiger partial charge in [-0.1, -0.05) is 27.2 Å². The lowest BCUT2D eigenvalue weighted by Crippen LogP contribution is -2.38. The maximum absolute atomic E-state index is 4.63. The molecular weight excluding hydrogens is 216 g/mol. The fraction of sp³-hybridized carbons (Fsp3) is 0.769. The van der Waals surface area contributed by atoms with Crippen LogP contribution in [-0.4, -0.2) is 10.5 Å². The monoisotopic (exact) mass is 240 g/mol. The van der Waals surface area contributed by atoms with Gasteiger partial charge in [0, 0.05) is 23.4 Å². The summed E-state index contributed by atoms with van der Waals surface area (Å²) in [5, 5.41) is 6.98. The van der Waals surface area contributed by atoms with Crippen molar-refractivity contribution in [3.63, 3.8) is 0 Å². The zero-order valence-electron chi connectivity index (χ0n) is 11.1. The Hall–Kier alpha value is -0.410. The van der Waals surface area contributed by atoms with E-state index in [-0.39, 0.29) is 5.54 Å². The Balaban J connectivity index is 2.48. The van der Waals surface area contributed by atoms with Gasteiger partial charge in [-0.05, 0) is 20.3 Å². The first-order valence-electron chi connectivity index (χ1n) is 6.14. The molecule has 0 unspecified atom stereocenters. The molecule has 0 bridgehead atoms. The number of hydrogen-bond donors (Lipinski definition) is 1. The van der Waals surface area contributed by atoms with Gasteiger partial charge >= 0.3 is 0 Å². The molecule has 1 heterocycles. The molecule has 1 N–H and O–H groups in total. The molecule has 0 aromatic carbocycles. The van der Waals surface area contributed by atoms with Gasteiger partial charge in [-0.3, -0.25) is 0 Å². The van der Waals surface area contributed by atoms with Crippen LogP contribution >= 0.6 is 11.3 Å². The van der Waals surface area contributed by atoms with Crippen molar-refractivity contribution < 1.29 is 0 Å². The normalized spacial score (nSPS) is 12.4. The quantitative estimate of drug-likeness (QED) is 0.815. The average molecular weight is 240 g/mol. The molecule has 92 valence electrons. The fourth-order valence-electron chi connectivity index (χ4n) is 1.71. The summed E-state index contributed by atoms with van der Waals surface area (Å²) in [7, 11) is 0. The van der Waals surface area contributed by atoms with E-state index in [1.54, 1.807) is 11.3 Å². The fourth-order valence-corrected chi connectivity index (χ4v) is 2.55. The Kier molecular flexibility index (Phi) is 4.93. The van der Waals surface area contributed by atoms with E-state index in [0.29, 0.717) is 5.92 Å². The van der Waals surface area contributed by atoms with E-state index >= 15 is 0 Å². The van der Waals surface area contributed by atoms with E-state index in [9.17, 15) is 0 Å². The van der Waals surface area contributed by atoms with Crippen LogP contribution in [0.5, 0.6) is 0 Å². The molecule has 0 saturated carbocycles. The summed E-state index contributed by atoms with van der Waals surface area (Å²) < 4.78 is 0. The van der Waals surface area contributed by atoms with Crippen LogP contribution in [0.15, 0.2) is 5.38 Å². The minimum absolute atomic E-state index is 0.219. The summed E-state index contributed by atoms with van der Waals surface area (Å²) in [5.41, 5.74) is 1.40. The van der Waals surface area contributed by atoms with Crippen molar-refractivity contribution in [3.05, 3.63) is 16.1 Å². The van der Waals surface area contributed by atoms with Crippen molar-refractivity contribution in [1.29, 1.82) is 0 Å². The van der Waals surface area contributed by atoms with Gasteiger partial charge in [-0.25, -0.2) is 4.98 Å². The summed E-state index contributed by atoms with van der Waals surface area (Å²) in [6, 6.07) is 0. The van der Waals surface area contributed by atoms with Gasteiger partial charge in [-0.2, -0.15) is 0 Å². The lowest BCUT2D eigenvalue weighted by Gasteiger charge is -2.25. The third-order valence-electron chi connectivity index (χ3n) is 2.69. The minimum Gasteiger partial charge on any atom is -0.306 e. The Morgan fingerprint density at radius 1 is 1.44 bits per heavy atom. The highest BCUT2D eigenvalue weighted by Crippen LogP contribution is 2.19. The smallest absolute Gasteiger partial charge is 0.0954 e. The molecule has 0 aliphatic carbocycles. The Labute approximate surface area is 103 Å². The Morgan fingerprint density at radius 3 is 2.62 bits per heavy atom. The first-order valence-corrected chi connectivity index (χ1v) is 7.02. The zero-order valence-corrected chi connectivity index (χ0v) is 11.9. The lowest BCUT2D eigenvalue weighted by molar-refractivity contribution is 0.355. The highest BCUT2D eigenvalue weighted by molar-refractivity contribution is 7.09. The van der Waals surface area contributed by atoms with Gasteiger partial charge in [-0.15, -0.1) is 11.3 Å². The second-order valence-corrected chi connectivity index (χ2v) is 6.21. The predicted molar refractivity (Wildman–Crippen MR) is 72.0 cm³/mol. The van der Waals surface area contributed by atoms with E-state index in [0.717, 1.165) is 6.54 Å². The van der Waals surface area contributed by atoms with Gasteiger partial charge in [0.1, 0.15) is 0 Å². The maximum Gasteiger partial charge on any atom is 0.0954 e. The van der Waals surface area contributed by atoms with Gasteiger partial charge in [0.2, 0.25) is 0 Å². The van der Waals surface area contributed by atoms with Crippen LogP contribution in [0, 0.1) is 0 Å². The molecule has 16 heavy (non-hydrogen) atoms. The zero-order chi connectivity index (χ0) is 12.2. The summed E-state index contributed by atoms with van der Waals surface area (Å²) in [5.74, 6) is 0.544. The van der Waals surface area contributed by atoms with Crippen LogP contribution in [0.4, 0.5) is 0 Å². The van der Waals surface area contributed by atoms with E-state index in [2.05, 4.69) is 50.3 Å². The topological polar surface area (TPSA) is 24.9 Å². The molecule has 1 aromatic rings. The molecule has 0 saturated heterocycles. The van der Waals surface area contributed by atoms with Crippen molar-refractivity contribution >= 4 is 11.3 Å². The predicted octanol–water partition coefficient (Wildman–Crippen LogP) is 3.93. The van der Waals surface area contributed by atoms with Crippen molar-refractivity contribution in [1.82, 2.24) is 10.3 Å². The van der Waals surface area contributed by atoms with Crippen LogP contribution in [-0.2, 0) is 6.54 Å². The van der Waals surface area contributed by atoms with Gasteiger partial charge in [0.05, 0.1) is 10.7 Å². The Bertz CT molecular complexity index is 315. The molecule has 0 radical (unpaired) electrons. The molecule has 0 fully saturated rings. The number of thiazole rings is 1. The van der Waals surface area contributed by atoms with Crippen molar-refractivity contribution in [3.8, 4) is 0 Å². The van der Waals surface area contributed by atoms with Crippen molar-refractivity contribution in [2.45, 2.75) is 65.5 Å². The molecule has 2 nitrogen and oxygen atoms in total. The summed E-state index contributed by atoms with van der Waals surface area (Å²) >= 11 is 1.77. The third-order valence-corrected chi connectivity index (χ3v) is 3.88. The second-order valence-electron chi connectivity index (χ2n) is 5.32. The van der Waals surface area contributed by atoms with E-state index in [4.69, 9.17) is 0 Å². The molecule has 0 spiro atoms. The van der Waals surface area contributed by atoms with E-state index < -0.39 is 0 Å². The van der Waals surface area contributed by atoms with Crippen LogP contribution in [0.25, 0.3) is 0 Å². The second kappa shape index (κ2) is 5.78. The van der Waals surface area contributed by atoms with Crippen LogP contribution in [0.2, 0.25) is 0 Å².